The molecule has 0 atom stereocenters. The molecular formula is C15H15ClN2O4. The van der Waals surface area contributed by atoms with Crippen LogP contribution in [0.4, 0.5) is 0 Å². The molecule has 0 spiro atoms. The normalized spacial score (nSPS) is 10.5. The maximum Gasteiger partial charge on any atom is 0.330 e. The van der Waals surface area contributed by atoms with Crippen LogP contribution in [0.1, 0.15) is 17.3 Å². The maximum absolute atomic E-state index is 12.0. The Labute approximate surface area is 131 Å². The predicted octanol–water partition coefficient (Wildman–Crippen LogP) is 1.48. The topological polar surface area (TPSA) is 70.3 Å². The summed E-state index contributed by atoms with van der Waals surface area (Å²) in [4.78, 5) is 35.2. The fourth-order valence-corrected chi connectivity index (χ4v) is 2.05. The molecule has 0 N–H and O–H groups in total. The third-order valence-corrected chi connectivity index (χ3v) is 3.40. The smallest absolute Gasteiger partial charge is 0.330 e. The van der Waals surface area contributed by atoms with Crippen LogP contribution in [0.5, 0.6) is 5.75 Å². The fourth-order valence-electron chi connectivity index (χ4n) is 1.92. The van der Waals surface area contributed by atoms with Crippen molar-refractivity contribution in [1.29, 1.82) is 0 Å². The number of rotatable bonds is 5. The minimum absolute atomic E-state index is 0.0198. The Balaban J connectivity index is 2.16. The molecule has 2 aromatic rings. The molecule has 1 heterocycles. The second-order valence-electron chi connectivity index (χ2n) is 4.74. The number of halogens is 1. The van der Waals surface area contributed by atoms with Crippen molar-refractivity contribution >= 4 is 17.4 Å². The SMILES string of the molecule is CC(=O)c1cn(CCOc2ccc(Cl)cc2)c(=O)n(C)c1=O. The van der Waals surface area contributed by atoms with Gasteiger partial charge >= 0.3 is 5.69 Å². The number of carbonyl (C=O) groups excluding carboxylic acids is 1. The number of carbonyl (C=O) groups is 1. The lowest BCUT2D eigenvalue weighted by molar-refractivity contribution is 0.101. The van der Waals surface area contributed by atoms with Crippen molar-refractivity contribution in [3.63, 3.8) is 0 Å². The summed E-state index contributed by atoms with van der Waals surface area (Å²) in [6.07, 6.45) is 1.28. The van der Waals surface area contributed by atoms with E-state index in [9.17, 15) is 14.4 Å². The summed E-state index contributed by atoms with van der Waals surface area (Å²) in [5.74, 6) is 0.238. The third-order valence-electron chi connectivity index (χ3n) is 3.15. The predicted molar refractivity (Wildman–Crippen MR) is 82.9 cm³/mol. The van der Waals surface area contributed by atoms with Crippen LogP contribution in [0.15, 0.2) is 40.1 Å². The van der Waals surface area contributed by atoms with Gasteiger partial charge in [0.2, 0.25) is 0 Å². The van der Waals surface area contributed by atoms with Gasteiger partial charge in [-0.2, -0.15) is 0 Å². The highest BCUT2D eigenvalue weighted by molar-refractivity contribution is 6.30. The van der Waals surface area contributed by atoms with Gasteiger partial charge in [0.05, 0.1) is 12.1 Å². The van der Waals surface area contributed by atoms with Gasteiger partial charge in [0.15, 0.2) is 5.78 Å². The van der Waals surface area contributed by atoms with Crippen LogP contribution in [0.2, 0.25) is 5.02 Å². The van der Waals surface area contributed by atoms with Crippen LogP contribution in [0.3, 0.4) is 0 Å². The molecule has 0 unspecified atom stereocenters. The molecule has 1 aromatic heterocycles. The van der Waals surface area contributed by atoms with Gasteiger partial charge in [-0.1, -0.05) is 11.6 Å². The molecular weight excluding hydrogens is 308 g/mol. The van der Waals surface area contributed by atoms with Crippen molar-refractivity contribution in [1.82, 2.24) is 9.13 Å². The van der Waals surface area contributed by atoms with Gasteiger partial charge in [0.1, 0.15) is 12.4 Å². The van der Waals surface area contributed by atoms with E-state index in [2.05, 4.69) is 0 Å². The number of benzene rings is 1. The second kappa shape index (κ2) is 6.62. The molecule has 0 radical (unpaired) electrons. The first kappa shape index (κ1) is 16.0. The standard InChI is InChI=1S/C15H15ClN2O4/c1-10(19)13-9-18(15(21)17(2)14(13)20)7-8-22-12-5-3-11(16)4-6-12/h3-6,9H,7-8H2,1-2H3. The first-order valence-corrected chi connectivity index (χ1v) is 6.97. The molecule has 6 nitrogen and oxygen atoms in total. The number of hydrogen-bond donors (Lipinski definition) is 0. The number of hydrogen-bond acceptors (Lipinski definition) is 4. The highest BCUT2D eigenvalue weighted by Gasteiger charge is 2.12. The number of Topliss-reactive ketones (excluding diaryl/α,β-unsaturated/α-hetero) is 1. The van der Waals surface area contributed by atoms with Crippen molar-refractivity contribution in [3.8, 4) is 5.75 Å². The van der Waals surface area contributed by atoms with E-state index in [1.54, 1.807) is 24.3 Å². The Morgan fingerprint density at radius 1 is 1.23 bits per heavy atom. The zero-order valence-electron chi connectivity index (χ0n) is 12.2. The quantitative estimate of drug-likeness (QED) is 0.782. The van der Waals surface area contributed by atoms with Crippen LogP contribution in [0, 0.1) is 0 Å². The number of aromatic nitrogens is 2. The fraction of sp³-hybridized carbons (Fsp3) is 0.267. The molecule has 116 valence electrons. The van der Waals surface area contributed by atoms with Gasteiger partial charge in [-0.05, 0) is 31.2 Å². The largest absolute Gasteiger partial charge is 0.492 e. The maximum atomic E-state index is 12.0. The zero-order valence-corrected chi connectivity index (χ0v) is 13.0. The third kappa shape index (κ3) is 3.46. The summed E-state index contributed by atoms with van der Waals surface area (Å²) in [5.41, 5.74) is -1.10. The average Bonchev–Trinajstić information content (AvgIpc) is 2.49. The Hall–Kier alpha value is -2.34. The zero-order chi connectivity index (χ0) is 16.3. The Morgan fingerprint density at radius 3 is 2.45 bits per heavy atom. The highest BCUT2D eigenvalue weighted by Crippen LogP contribution is 2.15. The van der Waals surface area contributed by atoms with Crippen molar-refractivity contribution in [2.75, 3.05) is 6.61 Å². The molecule has 0 bridgehead atoms. The summed E-state index contributed by atoms with van der Waals surface area (Å²) in [6.45, 7) is 1.72. The number of ketones is 1. The van der Waals surface area contributed by atoms with E-state index in [1.165, 1.54) is 24.7 Å². The number of ether oxygens (including phenoxy) is 1. The summed E-state index contributed by atoms with van der Waals surface area (Å²) in [5, 5.41) is 0.604. The van der Waals surface area contributed by atoms with Crippen LogP contribution in [-0.2, 0) is 13.6 Å². The van der Waals surface area contributed by atoms with Crippen LogP contribution in [0.25, 0.3) is 0 Å². The molecule has 22 heavy (non-hydrogen) atoms. The van der Waals surface area contributed by atoms with E-state index < -0.39 is 11.2 Å². The Bertz CT molecular complexity index is 806. The lowest BCUT2D eigenvalue weighted by Crippen LogP contribution is -2.41. The van der Waals surface area contributed by atoms with E-state index in [-0.39, 0.29) is 24.5 Å². The van der Waals surface area contributed by atoms with E-state index in [0.717, 1.165) is 4.57 Å². The molecule has 0 saturated heterocycles. The van der Waals surface area contributed by atoms with E-state index >= 15 is 0 Å². The van der Waals surface area contributed by atoms with Crippen LogP contribution >= 0.6 is 11.6 Å². The van der Waals surface area contributed by atoms with Gasteiger partial charge in [-0.25, -0.2) is 4.79 Å². The van der Waals surface area contributed by atoms with E-state index in [0.29, 0.717) is 10.8 Å². The molecule has 0 fully saturated rings. The minimum atomic E-state index is -0.590. The summed E-state index contributed by atoms with van der Waals surface area (Å²) >= 11 is 5.78. The Kier molecular flexibility index (Phi) is 4.82. The van der Waals surface area contributed by atoms with Crippen molar-refractivity contribution in [2.24, 2.45) is 7.05 Å². The Morgan fingerprint density at radius 2 is 1.86 bits per heavy atom. The van der Waals surface area contributed by atoms with Gasteiger partial charge in [-0.3, -0.25) is 18.7 Å². The van der Waals surface area contributed by atoms with Crippen LogP contribution in [-0.4, -0.2) is 21.5 Å². The lowest BCUT2D eigenvalue weighted by Gasteiger charge is -2.10. The molecule has 0 aliphatic rings. The summed E-state index contributed by atoms with van der Waals surface area (Å²) in [6, 6.07) is 6.83. The molecule has 7 heteroatoms. The van der Waals surface area contributed by atoms with Gasteiger partial charge < -0.3 is 4.74 Å². The van der Waals surface area contributed by atoms with Gasteiger partial charge in [0, 0.05) is 18.3 Å². The number of nitrogens with zero attached hydrogens (tertiary/aromatic N) is 2. The van der Waals surface area contributed by atoms with E-state index in [1.807, 2.05) is 0 Å². The molecule has 0 amide bonds. The first-order valence-electron chi connectivity index (χ1n) is 6.60. The van der Waals surface area contributed by atoms with Crippen molar-refractivity contribution in [3.05, 3.63) is 61.9 Å². The summed E-state index contributed by atoms with van der Waals surface area (Å²) in [7, 11) is 1.34. The average molecular weight is 323 g/mol. The van der Waals surface area contributed by atoms with Crippen molar-refractivity contribution in [2.45, 2.75) is 13.5 Å². The van der Waals surface area contributed by atoms with Crippen LogP contribution < -0.4 is 16.0 Å². The second-order valence-corrected chi connectivity index (χ2v) is 5.18. The summed E-state index contributed by atoms with van der Waals surface area (Å²) < 4.78 is 7.70. The molecule has 0 aliphatic heterocycles. The first-order chi connectivity index (χ1) is 10.4. The highest BCUT2D eigenvalue weighted by atomic mass is 35.5. The monoisotopic (exact) mass is 322 g/mol. The minimum Gasteiger partial charge on any atom is -0.492 e. The molecule has 2 rings (SSSR count). The van der Waals surface area contributed by atoms with Crippen molar-refractivity contribution < 1.29 is 9.53 Å². The molecule has 1 aromatic carbocycles. The molecule has 0 saturated carbocycles. The van der Waals surface area contributed by atoms with Gasteiger partial charge in [0.25, 0.3) is 5.56 Å². The lowest BCUT2D eigenvalue weighted by atomic mass is 10.2. The molecule has 0 aliphatic carbocycles. The van der Waals surface area contributed by atoms with Gasteiger partial charge in [-0.15, -0.1) is 0 Å². The van der Waals surface area contributed by atoms with E-state index in [4.69, 9.17) is 16.3 Å².